The van der Waals surface area contributed by atoms with Crippen molar-refractivity contribution in [3.8, 4) is 11.5 Å². The molecule has 12 heteroatoms. The first kappa shape index (κ1) is 19.3. The van der Waals surface area contributed by atoms with Crippen molar-refractivity contribution >= 4 is 41.3 Å². The normalized spacial score (nSPS) is 18.8. The minimum atomic E-state index is -1.16. The number of ether oxygens (including phenoxy) is 1. The highest BCUT2D eigenvalue weighted by molar-refractivity contribution is 8.02. The Morgan fingerprint density at radius 3 is 3.00 bits per heavy atom. The van der Waals surface area contributed by atoms with Crippen molar-refractivity contribution in [3.63, 3.8) is 0 Å². The number of carboxylic acids is 1. The fourth-order valence-electron chi connectivity index (χ4n) is 3.01. The van der Waals surface area contributed by atoms with Gasteiger partial charge in [-0.3, -0.25) is 0 Å². The molecule has 1 aromatic carbocycles. The molecule has 4 N–H and O–H groups in total. The van der Waals surface area contributed by atoms with E-state index in [1.54, 1.807) is 19.1 Å². The fraction of sp³-hybridized carbons (Fsp3) is 0.438. The molecule has 0 radical (unpaired) electrons. The van der Waals surface area contributed by atoms with Gasteiger partial charge in [0.25, 0.3) is 0 Å². The van der Waals surface area contributed by atoms with Gasteiger partial charge in [0.15, 0.2) is 4.34 Å². The van der Waals surface area contributed by atoms with Crippen LogP contribution in [0.4, 0.5) is 5.13 Å². The lowest BCUT2D eigenvalue weighted by molar-refractivity contribution is 0.0689. The lowest BCUT2D eigenvalue weighted by Gasteiger charge is -2.28. The van der Waals surface area contributed by atoms with Crippen molar-refractivity contribution in [2.24, 2.45) is 0 Å². The quantitative estimate of drug-likeness (QED) is 0.483. The number of rotatable bonds is 7. The number of benzene rings is 1. The van der Waals surface area contributed by atoms with Gasteiger partial charge >= 0.3 is 13.1 Å². The van der Waals surface area contributed by atoms with Gasteiger partial charge in [0.2, 0.25) is 5.13 Å². The molecule has 2 aliphatic heterocycles. The zero-order valence-electron chi connectivity index (χ0n) is 15.0. The zero-order valence-corrected chi connectivity index (χ0v) is 16.7. The third-order valence-corrected chi connectivity index (χ3v) is 6.63. The molecule has 0 aliphatic carbocycles. The van der Waals surface area contributed by atoms with E-state index in [0.29, 0.717) is 24.6 Å². The SMILES string of the molecule is CCOc1ccc2c(c1C(=O)O)OB(O)[C@@H](Sc1nnc(NC3CNC3)s1)C2. The Morgan fingerprint density at radius 1 is 1.50 bits per heavy atom. The maximum Gasteiger partial charge on any atom is 0.537 e. The van der Waals surface area contributed by atoms with Gasteiger partial charge in [-0.2, -0.15) is 0 Å². The lowest BCUT2D eigenvalue weighted by Crippen LogP contribution is -2.51. The van der Waals surface area contributed by atoms with Crippen molar-refractivity contribution in [1.82, 2.24) is 15.5 Å². The number of thioether (sulfide) groups is 1. The number of aromatic carboxylic acids is 1. The number of hydrogen-bond donors (Lipinski definition) is 4. The first-order valence-electron chi connectivity index (χ1n) is 8.89. The summed E-state index contributed by atoms with van der Waals surface area (Å²) in [7, 11) is -1.16. The summed E-state index contributed by atoms with van der Waals surface area (Å²) in [6, 6.07) is 3.78. The third-order valence-electron chi connectivity index (χ3n) is 4.46. The number of nitrogens with zero attached hydrogens (tertiary/aromatic N) is 2. The van der Waals surface area contributed by atoms with E-state index in [9.17, 15) is 14.9 Å². The highest BCUT2D eigenvalue weighted by Gasteiger charge is 2.39. The van der Waals surface area contributed by atoms with Gasteiger partial charge in [-0.25, -0.2) is 4.79 Å². The van der Waals surface area contributed by atoms with E-state index in [4.69, 9.17) is 9.39 Å². The number of carbonyl (C=O) groups is 1. The second-order valence-corrected chi connectivity index (χ2v) is 8.87. The molecule has 1 fully saturated rings. The van der Waals surface area contributed by atoms with Crippen molar-refractivity contribution in [1.29, 1.82) is 0 Å². The second-order valence-electron chi connectivity index (χ2n) is 6.41. The van der Waals surface area contributed by atoms with E-state index in [-0.39, 0.29) is 22.2 Å². The molecule has 0 bridgehead atoms. The molecule has 1 aromatic heterocycles. The molecule has 2 aliphatic rings. The van der Waals surface area contributed by atoms with Crippen LogP contribution in [0.5, 0.6) is 11.5 Å². The Hall–Kier alpha value is -2.02. The van der Waals surface area contributed by atoms with Crippen LogP contribution in [0.25, 0.3) is 0 Å². The predicted molar refractivity (Wildman–Crippen MR) is 107 cm³/mol. The topological polar surface area (TPSA) is 126 Å². The molecule has 0 saturated carbocycles. The van der Waals surface area contributed by atoms with Crippen molar-refractivity contribution in [3.05, 3.63) is 23.3 Å². The highest BCUT2D eigenvalue weighted by atomic mass is 32.2. The van der Waals surface area contributed by atoms with E-state index in [2.05, 4.69) is 20.8 Å². The maximum atomic E-state index is 11.7. The van der Waals surface area contributed by atoms with Crippen LogP contribution in [-0.2, 0) is 6.42 Å². The molecular formula is C16H19BN4O5S2. The van der Waals surface area contributed by atoms with Gasteiger partial charge in [0.05, 0.1) is 17.8 Å². The molecule has 0 spiro atoms. The van der Waals surface area contributed by atoms with Crippen molar-refractivity contribution < 1.29 is 24.3 Å². The first-order chi connectivity index (χ1) is 13.5. The summed E-state index contributed by atoms with van der Waals surface area (Å²) >= 11 is 2.80. The van der Waals surface area contributed by atoms with Gasteiger partial charge in [0, 0.05) is 13.1 Å². The zero-order chi connectivity index (χ0) is 19.7. The number of aromatic nitrogens is 2. The van der Waals surface area contributed by atoms with Gasteiger partial charge < -0.3 is 30.2 Å². The summed E-state index contributed by atoms with van der Waals surface area (Å²) in [5.41, 5.74) is 0.658. The summed E-state index contributed by atoms with van der Waals surface area (Å²) in [6.07, 6.45) is 0.447. The van der Waals surface area contributed by atoms with Crippen LogP contribution in [0.3, 0.4) is 0 Å². The standard InChI is InChI=1S/C16H19BN4O5S2/c1-2-25-10-4-3-8-5-11(17(24)26-13(8)12(10)14(22)23)27-16-21-20-15(28-16)19-9-6-18-7-9/h3-4,9,11,18,24H,2,5-7H2,1H3,(H,19,20)(H,22,23)/t11-/m0/s1. The molecule has 148 valence electrons. The number of nitrogens with one attached hydrogen (secondary N) is 2. The van der Waals surface area contributed by atoms with Crippen molar-refractivity contribution in [2.45, 2.75) is 28.9 Å². The van der Waals surface area contributed by atoms with Crippen LogP contribution < -0.4 is 20.0 Å². The van der Waals surface area contributed by atoms with E-state index in [1.807, 2.05) is 0 Å². The summed E-state index contributed by atoms with van der Waals surface area (Å²) in [5.74, 6) is -0.749. The molecule has 4 rings (SSSR count). The summed E-state index contributed by atoms with van der Waals surface area (Å²) < 4.78 is 11.7. The molecule has 9 nitrogen and oxygen atoms in total. The summed E-state index contributed by atoms with van der Waals surface area (Å²) in [6.45, 7) is 3.93. The predicted octanol–water partition coefficient (Wildman–Crippen LogP) is 1.13. The average molecular weight is 422 g/mol. The number of hydrogen-bond acceptors (Lipinski definition) is 10. The Labute approximate surface area is 170 Å². The average Bonchev–Trinajstić information content (AvgIpc) is 3.06. The van der Waals surface area contributed by atoms with Crippen LogP contribution in [0.15, 0.2) is 16.5 Å². The van der Waals surface area contributed by atoms with Gasteiger partial charge in [0.1, 0.15) is 17.1 Å². The Kier molecular flexibility index (Phi) is 5.62. The first-order valence-corrected chi connectivity index (χ1v) is 10.6. The number of fused-ring (bicyclic) bond motifs is 1. The van der Waals surface area contributed by atoms with Crippen LogP contribution in [-0.4, -0.2) is 64.3 Å². The van der Waals surface area contributed by atoms with E-state index >= 15 is 0 Å². The minimum Gasteiger partial charge on any atom is -0.534 e. The number of anilines is 1. The van der Waals surface area contributed by atoms with Gasteiger partial charge in [-0.15, -0.1) is 10.2 Å². The molecule has 1 saturated heterocycles. The minimum absolute atomic E-state index is 0.0571. The largest absolute Gasteiger partial charge is 0.537 e. The summed E-state index contributed by atoms with van der Waals surface area (Å²) in [5, 5.41) is 35.2. The molecule has 2 aromatic rings. The Morgan fingerprint density at radius 2 is 2.32 bits per heavy atom. The van der Waals surface area contributed by atoms with Crippen LogP contribution in [0, 0.1) is 0 Å². The van der Waals surface area contributed by atoms with Crippen LogP contribution in [0.2, 0.25) is 0 Å². The second kappa shape index (κ2) is 8.15. The smallest absolute Gasteiger partial charge is 0.534 e. The highest BCUT2D eigenvalue weighted by Crippen LogP contribution is 2.40. The Balaban J connectivity index is 1.50. The summed E-state index contributed by atoms with van der Waals surface area (Å²) in [4.78, 5) is 11.7. The third kappa shape index (κ3) is 3.90. The van der Waals surface area contributed by atoms with Crippen LogP contribution in [0.1, 0.15) is 22.8 Å². The van der Waals surface area contributed by atoms with Crippen molar-refractivity contribution in [2.75, 3.05) is 25.0 Å². The molecule has 3 heterocycles. The fourth-order valence-corrected chi connectivity index (χ4v) is 5.14. The van der Waals surface area contributed by atoms with Gasteiger partial charge in [-0.05, 0) is 25.0 Å². The maximum absolute atomic E-state index is 11.7. The van der Waals surface area contributed by atoms with E-state index in [0.717, 1.165) is 22.6 Å². The number of carboxylic acid groups (broad SMARTS) is 1. The molecule has 1 atom stereocenters. The lowest BCUT2D eigenvalue weighted by atomic mass is 9.77. The van der Waals surface area contributed by atoms with Crippen LogP contribution >= 0.6 is 23.1 Å². The molecular weight excluding hydrogens is 403 g/mol. The molecule has 28 heavy (non-hydrogen) atoms. The monoisotopic (exact) mass is 422 g/mol. The van der Waals surface area contributed by atoms with E-state index in [1.165, 1.54) is 23.1 Å². The Bertz CT molecular complexity index is 879. The molecule has 0 amide bonds. The van der Waals surface area contributed by atoms with Gasteiger partial charge in [-0.1, -0.05) is 29.2 Å². The van der Waals surface area contributed by atoms with E-state index < -0.39 is 13.1 Å². The molecule has 0 unspecified atom stereocenters.